The monoisotopic (exact) mass is 264 g/mol. The molecule has 2 N–H and O–H groups in total. The Balaban J connectivity index is 2.08. The maximum Gasteiger partial charge on any atom is 0.261 e. The summed E-state index contributed by atoms with van der Waals surface area (Å²) in [4.78, 5) is 25.4. The van der Waals surface area contributed by atoms with E-state index in [0.29, 0.717) is 23.4 Å². The molecule has 0 unspecified atom stereocenters. The summed E-state index contributed by atoms with van der Waals surface area (Å²) in [7, 11) is 0. The molecule has 1 aromatic rings. The van der Waals surface area contributed by atoms with Gasteiger partial charge in [0.2, 0.25) is 0 Å². The predicted molar refractivity (Wildman–Crippen MR) is 73.8 cm³/mol. The minimum absolute atomic E-state index is 0.195. The molecule has 2 rings (SSSR count). The summed E-state index contributed by atoms with van der Waals surface area (Å²) >= 11 is 1.77. The fourth-order valence-corrected chi connectivity index (χ4v) is 2.52. The fourth-order valence-electron chi connectivity index (χ4n) is 2.03. The number of hydrogen-bond acceptors (Lipinski definition) is 4. The van der Waals surface area contributed by atoms with E-state index in [1.807, 2.05) is 6.26 Å². The SMILES string of the molecule is CSCCCCN1C(=O)c2ccc(N)cc2C1=O. The van der Waals surface area contributed by atoms with Gasteiger partial charge in [-0.15, -0.1) is 0 Å². The molecule has 0 saturated carbocycles. The van der Waals surface area contributed by atoms with Crippen molar-refractivity contribution in [3.8, 4) is 0 Å². The minimum Gasteiger partial charge on any atom is -0.399 e. The van der Waals surface area contributed by atoms with Crippen molar-refractivity contribution < 1.29 is 9.59 Å². The van der Waals surface area contributed by atoms with Gasteiger partial charge in [-0.25, -0.2) is 0 Å². The Kier molecular flexibility index (Phi) is 3.91. The number of anilines is 1. The number of nitrogen functional groups attached to an aromatic ring is 1. The van der Waals surface area contributed by atoms with Crippen molar-refractivity contribution in [2.75, 3.05) is 24.3 Å². The lowest BCUT2D eigenvalue weighted by molar-refractivity contribution is 0.0652. The van der Waals surface area contributed by atoms with Crippen molar-refractivity contribution in [1.82, 2.24) is 4.90 Å². The third-order valence-corrected chi connectivity index (χ3v) is 3.67. The molecule has 0 atom stereocenters. The molecular formula is C13H16N2O2S. The van der Waals surface area contributed by atoms with E-state index in [4.69, 9.17) is 5.73 Å². The second-order valence-electron chi connectivity index (χ2n) is 4.27. The summed E-state index contributed by atoms with van der Waals surface area (Å²) in [6.45, 7) is 0.493. The van der Waals surface area contributed by atoms with Gasteiger partial charge in [-0.3, -0.25) is 14.5 Å². The Morgan fingerprint density at radius 3 is 2.61 bits per heavy atom. The van der Waals surface area contributed by atoms with Crippen LogP contribution in [0.2, 0.25) is 0 Å². The Morgan fingerprint density at radius 1 is 1.17 bits per heavy atom. The summed E-state index contributed by atoms with van der Waals surface area (Å²) in [5.41, 5.74) is 7.06. The van der Waals surface area contributed by atoms with E-state index in [0.717, 1.165) is 18.6 Å². The van der Waals surface area contributed by atoms with E-state index in [1.165, 1.54) is 4.90 Å². The van der Waals surface area contributed by atoms with Crippen LogP contribution < -0.4 is 5.73 Å². The molecule has 0 radical (unpaired) electrons. The van der Waals surface area contributed by atoms with Crippen molar-refractivity contribution in [3.05, 3.63) is 29.3 Å². The average Bonchev–Trinajstić information content (AvgIpc) is 2.59. The highest BCUT2D eigenvalue weighted by atomic mass is 32.2. The quantitative estimate of drug-likeness (QED) is 0.502. The Bertz CT molecular complexity index is 488. The molecule has 0 aliphatic carbocycles. The number of amides is 2. The predicted octanol–water partition coefficient (Wildman–Crippen LogP) is 2.01. The molecule has 0 bridgehead atoms. The molecular weight excluding hydrogens is 248 g/mol. The molecule has 5 heteroatoms. The van der Waals surface area contributed by atoms with E-state index in [2.05, 4.69) is 0 Å². The molecule has 18 heavy (non-hydrogen) atoms. The molecule has 96 valence electrons. The number of hydrogen-bond donors (Lipinski definition) is 1. The standard InChI is InChI=1S/C13H16N2O2S/c1-18-7-3-2-6-15-12(16)10-5-4-9(14)8-11(10)13(15)17/h4-5,8H,2-3,6-7,14H2,1H3. The number of unbranched alkanes of at least 4 members (excludes halogenated alkanes) is 1. The maximum absolute atomic E-state index is 12.1. The van der Waals surface area contributed by atoms with Crippen molar-refractivity contribution in [2.24, 2.45) is 0 Å². The lowest BCUT2D eigenvalue weighted by Crippen LogP contribution is -2.30. The molecule has 1 aliphatic heterocycles. The number of imide groups is 1. The Labute approximate surface area is 111 Å². The van der Waals surface area contributed by atoms with Gasteiger partial charge in [0.1, 0.15) is 0 Å². The van der Waals surface area contributed by atoms with Gasteiger partial charge in [-0.1, -0.05) is 0 Å². The van der Waals surface area contributed by atoms with Gasteiger partial charge in [-0.05, 0) is 43.0 Å². The number of thioether (sulfide) groups is 1. The third kappa shape index (κ3) is 2.36. The zero-order valence-corrected chi connectivity index (χ0v) is 11.1. The van der Waals surface area contributed by atoms with Crippen molar-refractivity contribution in [1.29, 1.82) is 0 Å². The molecule has 0 fully saturated rings. The summed E-state index contributed by atoms with van der Waals surface area (Å²) in [5, 5.41) is 0. The normalized spacial score (nSPS) is 14.2. The van der Waals surface area contributed by atoms with Gasteiger partial charge in [-0.2, -0.15) is 11.8 Å². The van der Waals surface area contributed by atoms with Crippen molar-refractivity contribution >= 4 is 29.3 Å². The van der Waals surface area contributed by atoms with Crippen molar-refractivity contribution in [2.45, 2.75) is 12.8 Å². The third-order valence-electron chi connectivity index (χ3n) is 2.97. The van der Waals surface area contributed by atoms with Crippen LogP contribution in [-0.4, -0.2) is 35.3 Å². The zero-order valence-electron chi connectivity index (χ0n) is 10.3. The largest absolute Gasteiger partial charge is 0.399 e. The van der Waals surface area contributed by atoms with Gasteiger partial charge < -0.3 is 5.73 Å². The van der Waals surface area contributed by atoms with Gasteiger partial charge >= 0.3 is 0 Å². The number of carbonyl (C=O) groups is 2. The number of carbonyl (C=O) groups excluding carboxylic acids is 2. The van der Waals surface area contributed by atoms with E-state index in [-0.39, 0.29) is 11.8 Å². The topological polar surface area (TPSA) is 63.4 Å². The summed E-state index contributed by atoms with van der Waals surface area (Å²) in [5.74, 6) is 0.640. The lowest BCUT2D eigenvalue weighted by atomic mass is 10.1. The van der Waals surface area contributed by atoms with Gasteiger partial charge in [0, 0.05) is 12.2 Å². The van der Waals surface area contributed by atoms with Crippen LogP contribution in [0.25, 0.3) is 0 Å². The zero-order chi connectivity index (χ0) is 13.1. The number of nitrogens with zero attached hydrogens (tertiary/aromatic N) is 1. The van der Waals surface area contributed by atoms with Crippen LogP contribution in [0, 0.1) is 0 Å². The molecule has 1 heterocycles. The van der Waals surface area contributed by atoms with E-state index < -0.39 is 0 Å². The molecule has 1 aliphatic rings. The van der Waals surface area contributed by atoms with Gasteiger partial charge in [0.15, 0.2) is 0 Å². The number of fused-ring (bicyclic) bond motifs is 1. The van der Waals surface area contributed by atoms with Crippen molar-refractivity contribution in [3.63, 3.8) is 0 Å². The Hall–Kier alpha value is -1.49. The maximum atomic E-state index is 12.1. The first-order valence-corrected chi connectivity index (χ1v) is 7.29. The Morgan fingerprint density at radius 2 is 1.89 bits per heavy atom. The molecule has 0 saturated heterocycles. The van der Waals surface area contributed by atoms with Crippen LogP contribution >= 0.6 is 11.8 Å². The first-order valence-electron chi connectivity index (χ1n) is 5.90. The van der Waals surface area contributed by atoms with Crippen LogP contribution in [0.4, 0.5) is 5.69 Å². The first kappa shape index (κ1) is 13.0. The fraction of sp³-hybridized carbons (Fsp3) is 0.385. The van der Waals surface area contributed by atoms with Crippen LogP contribution in [0.15, 0.2) is 18.2 Å². The van der Waals surface area contributed by atoms with E-state index in [9.17, 15) is 9.59 Å². The summed E-state index contributed by atoms with van der Waals surface area (Å²) in [6.07, 6.45) is 3.91. The van der Waals surface area contributed by atoms with Gasteiger partial charge in [0.25, 0.3) is 11.8 Å². The van der Waals surface area contributed by atoms with Crippen LogP contribution in [0.1, 0.15) is 33.6 Å². The molecule has 1 aromatic carbocycles. The summed E-state index contributed by atoms with van der Waals surface area (Å²) < 4.78 is 0. The van der Waals surface area contributed by atoms with E-state index in [1.54, 1.807) is 30.0 Å². The highest BCUT2D eigenvalue weighted by Crippen LogP contribution is 2.25. The highest BCUT2D eigenvalue weighted by Gasteiger charge is 2.34. The first-order chi connectivity index (χ1) is 8.65. The van der Waals surface area contributed by atoms with Crippen LogP contribution in [-0.2, 0) is 0 Å². The second-order valence-corrected chi connectivity index (χ2v) is 5.25. The van der Waals surface area contributed by atoms with E-state index >= 15 is 0 Å². The molecule has 4 nitrogen and oxygen atoms in total. The number of benzene rings is 1. The van der Waals surface area contributed by atoms with Crippen LogP contribution in [0.5, 0.6) is 0 Å². The number of nitrogens with two attached hydrogens (primary N) is 1. The average molecular weight is 264 g/mol. The molecule has 0 spiro atoms. The second kappa shape index (κ2) is 5.44. The lowest BCUT2D eigenvalue weighted by Gasteiger charge is -2.12. The van der Waals surface area contributed by atoms with Gasteiger partial charge in [0.05, 0.1) is 11.1 Å². The summed E-state index contributed by atoms with van der Waals surface area (Å²) in [6, 6.07) is 4.87. The number of rotatable bonds is 5. The smallest absolute Gasteiger partial charge is 0.261 e. The molecule has 2 amide bonds. The van der Waals surface area contributed by atoms with Crippen LogP contribution in [0.3, 0.4) is 0 Å². The minimum atomic E-state index is -0.216. The molecule has 0 aromatic heterocycles. The highest BCUT2D eigenvalue weighted by molar-refractivity contribution is 7.98.